The number of hydrogen-bond donors (Lipinski definition) is 1. The maximum Gasteiger partial charge on any atom is 0.242 e. The number of rotatable bonds is 3. The van der Waals surface area contributed by atoms with Crippen molar-refractivity contribution in [1.82, 2.24) is 19.8 Å². The van der Waals surface area contributed by atoms with Gasteiger partial charge in [0.1, 0.15) is 11.9 Å². The van der Waals surface area contributed by atoms with Crippen molar-refractivity contribution in [3.8, 4) is 11.4 Å². The van der Waals surface area contributed by atoms with Crippen LogP contribution in [-0.4, -0.2) is 72.3 Å². The standard InChI is InChI=1S/C23H27N5O2.ClH/c1-26-21-8-3-2-7-19(21)25-22(26)17-5-4-6-18(15-17)27-10-12-28(13-11-27)23(29)20-16-30-14-9-24-20;/h2-8,15,20,24H,9-14,16H2,1H3;1H. The van der Waals surface area contributed by atoms with Crippen LogP contribution in [-0.2, 0) is 16.6 Å². The molecule has 2 fully saturated rings. The van der Waals surface area contributed by atoms with Gasteiger partial charge in [-0.15, -0.1) is 12.4 Å². The van der Waals surface area contributed by atoms with Gasteiger partial charge in [-0.1, -0.05) is 24.3 Å². The van der Waals surface area contributed by atoms with Gasteiger partial charge in [0.05, 0.1) is 24.2 Å². The fourth-order valence-electron chi connectivity index (χ4n) is 4.37. The molecular formula is C23H28ClN5O2. The molecule has 1 N–H and O–H groups in total. The summed E-state index contributed by atoms with van der Waals surface area (Å²) >= 11 is 0. The summed E-state index contributed by atoms with van der Waals surface area (Å²) in [6.45, 7) is 5.00. The number of aromatic nitrogens is 2. The second kappa shape index (κ2) is 9.26. The molecule has 1 unspecified atom stereocenters. The SMILES string of the molecule is Cl.Cn1c(-c2cccc(N3CCN(C(=O)C4COCCN4)CC3)c2)nc2ccccc21. The topological polar surface area (TPSA) is 62.6 Å². The minimum Gasteiger partial charge on any atom is -0.378 e. The third-order valence-corrected chi connectivity index (χ3v) is 6.07. The van der Waals surface area contributed by atoms with Crippen LogP contribution in [0.25, 0.3) is 22.4 Å². The van der Waals surface area contributed by atoms with Crippen LogP contribution in [0.3, 0.4) is 0 Å². The van der Waals surface area contributed by atoms with Gasteiger partial charge in [0, 0.05) is 51.0 Å². The Bertz CT molecular complexity index is 1060. The van der Waals surface area contributed by atoms with E-state index in [4.69, 9.17) is 9.72 Å². The number of benzene rings is 2. The highest BCUT2D eigenvalue weighted by atomic mass is 35.5. The molecule has 0 spiro atoms. The van der Waals surface area contributed by atoms with Crippen LogP contribution in [0.1, 0.15) is 0 Å². The van der Waals surface area contributed by atoms with Crippen LogP contribution in [0.15, 0.2) is 48.5 Å². The van der Waals surface area contributed by atoms with E-state index in [1.165, 1.54) is 5.69 Å². The number of fused-ring (bicyclic) bond motifs is 1. The lowest BCUT2D eigenvalue weighted by Gasteiger charge is -2.38. The van der Waals surface area contributed by atoms with E-state index >= 15 is 0 Å². The molecule has 8 heteroatoms. The number of morpholine rings is 1. The van der Waals surface area contributed by atoms with Gasteiger partial charge < -0.3 is 24.4 Å². The number of carbonyl (C=O) groups excluding carboxylic acids is 1. The van der Waals surface area contributed by atoms with E-state index in [1.54, 1.807) is 0 Å². The molecule has 2 aliphatic heterocycles. The molecule has 2 aromatic carbocycles. The van der Waals surface area contributed by atoms with Gasteiger partial charge in [0.2, 0.25) is 5.91 Å². The van der Waals surface area contributed by atoms with Gasteiger partial charge >= 0.3 is 0 Å². The first-order chi connectivity index (χ1) is 14.7. The van der Waals surface area contributed by atoms with Crippen molar-refractivity contribution < 1.29 is 9.53 Å². The number of halogens is 1. The second-order valence-corrected chi connectivity index (χ2v) is 7.93. The molecule has 7 nitrogen and oxygen atoms in total. The van der Waals surface area contributed by atoms with Gasteiger partial charge in [0.25, 0.3) is 0 Å². The van der Waals surface area contributed by atoms with Crippen LogP contribution in [0.4, 0.5) is 5.69 Å². The Morgan fingerprint density at radius 1 is 1.10 bits per heavy atom. The van der Waals surface area contributed by atoms with Gasteiger partial charge in [0.15, 0.2) is 0 Å². The molecular weight excluding hydrogens is 414 g/mol. The zero-order chi connectivity index (χ0) is 20.5. The smallest absolute Gasteiger partial charge is 0.242 e. The minimum atomic E-state index is -0.203. The lowest BCUT2D eigenvalue weighted by Crippen LogP contribution is -2.57. The van der Waals surface area contributed by atoms with Crippen LogP contribution in [0.5, 0.6) is 0 Å². The van der Waals surface area contributed by atoms with Crippen molar-refractivity contribution in [3.05, 3.63) is 48.5 Å². The van der Waals surface area contributed by atoms with E-state index in [2.05, 4.69) is 52.2 Å². The molecule has 3 aromatic rings. The molecule has 0 radical (unpaired) electrons. The zero-order valence-electron chi connectivity index (χ0n) is 17.7. The number of piperazine rings is 1. The number of carbonyl (C=O) groups is 1. The summed E-state index contributed by atoms with van der Waals surface area (Å²) in [5.74, 6) is 1.12. The summed E-state index contributed by atoms with van der Waals surface area (Å²) in [6, 6.07) is 16.5. The van der Waals surface area contributed by atoms with Crippen molar-refractivity contribution in [1.29, 1.82) is 0 Å². The predicted molar refractivity (Wildman–Crippen MR) is 125 cm³/mol. The van der Waals surface area contributed by atoms with Crippen molar-refractivity contribution in [2.45, 2.75) is 6.04 Å². The van der Waals surface area contributed by atoms with Gasteiger partial charge in [-0.25, -0.2) is 4.98 Å². The average molecular weight is 442 g/mol. The first-order valence-electron chi connectivity index (χ1n) is 10.6. The molecule has 31 heavy (non-hydrogen) atoms. The highest BCUT2D eigenvalue weighted by Gasteiger charge is 2.29. The number of amides is 1. The number of imidazole rings is 1. The Labute approximate surface area is 188 Å². The fourth-order valence-corrected chi connectivity index (χ4v) is 4.37. The quantitative estimate of drug-likeness (QED) is 0.675. The molecule has 3 heterocycles. The Balaban J connectivity index is 0.00000231. The monoisotopic (exact) mass is 441 g/mol. The summed E-state index contributed by atoms with van der Waals surface area (Å²) in [4.78, 5) is 21.8. The third-order valence-electron chi connectivity index (χ3n) is 6.07. The van der Waals surface area contributed by atoms with Crippen LogP contribution >= 0.6 is 12.4 Å². The summed E-state index contributed by atoms with van der Waals surface area (Å²) in [5, 5.41) is 3.26. The zero-order valence-corrected chi connectivity index (χ0v) is 18.5. The summed E-state index contributed by atoms with van der Waals surface area (Å²) < 4.78 is 7.59. The van der Waals surface area contributed by atoms with Crippen LogP contribution in [0, 0.1) is 0 Å². The predicted octanol–water partition coefficient (Wildman–Crippen LogP) is 2.30. The third kappa shape index (κ3) is 4.26. The summed E-state index contributed by atoms with van der Waals surface area (Å²) in [7, 11) is 2.06. The minimum absolute atomic E-state index is 0. The van der Waals surface area contributed by atoms with E-state index in [0.29, 0.717) is 13.2 Å². The highest BCUT2D eigenvalue weighted by molar-refractivity contribution is 5.85. The molecule has 0 aliphatic carbocycles. The van der Waals surface area contributed by atoms with Crippen molar-refractivity contribution in [3.63, 3.8) is 0 Å². The van der Waals surface area contributed by atoms with Crippen molar-refractivity contribution in [2.75, 3.05) is 50.8 Å². The first-order valence-corrected chi connectivity index (χ1v) is 10.6. The van der Waals surface area contributed by atoms with E-state index in [9.17, 15) is 4.79 Å². The number of anilines is 1. The molecule has 1 atom stereocenters. The molecule has 1 amide bonds. The Morgan fingerprint density at radius 3 is 2.65 bits per heavy atom. The van der Waals surface area contributed by atoms with Gasteiger partial charge in [-0.3, -0.25) is 4.79 Å². The van der Waals surface area contributed by atoms with E-state index < -0.39 is 0 Å². The number of hydrogen-bond acceptors (Lipinski definition) is 5. The largest absolute Gasteiger partial charge is 0.378 e. The molecule has 2 aliphatic rings. The summed E-state index contributed by atoms with van der Waals surface area (Å²) in [5.41, 5.74) is 4.41. The Morgan fingerprint density at radius 2 is 1.90 bits per heavy atom. The van der Waals surface area contributed by atoms with E-state index in [-0.39, 0.29) is 24.4 Å². The maximum absolute atomic E-state index is 12.7. The molecule has 164 valence electrons. The Hall–Kier alpha value is -2.61. The Kier molecular flexibility index (Phi) is 6.46. The lowest BCUT2D eigenvalue weighted by atomic mass is 10.1. The first kappa shape index (κ1) is 21.6. The van der Waals surface area contributed by atoms with Crippen LogP contribution in [0.2, 0.25) is 0 Å². The van der Waals surface area contributed by atoms with Crippen molar-refractivity contribution >= 4 is 35.0 Å². The molecule has 2 saturated heterocycles. The molecule has 0 bridgehead atoms. The fraction of sp³-hybridized carbons (Fsp3) is 0.391. The van der Waals surface area contributed by atoms with Crippen molar-refractivity contribution in [2.24, 2.45) is 7.05 Å². The normalized spacial score (nSPS) is 19.3. The van der Waals surface area contributed by atoms with Gasteiger partial charge in [-0.2, -0.15) is 0 Å². The lowest BCUT2D eigenvalue weighted by molar-refractivity contribution is -0.136. The number of nitrogens with zero attached hydrogens (tertiary/aromatic N) is 4. The van der Waals surface area contributed by atoms with Gasteiger partial charge in [-0.05, 0) is 24.3 Å². The molecule has 5 rings (SSSR count). The number of ether oxygens (including phenoxy) is 1. The molecule has 1 aromatic heterocycles. The summed E-state index contributed by atoms with van der Waals surface area (Å²) in [6.07, 6.45) is 0. The highest BCUT2D eigenvalue weighted by Crippen LogP contribution is 2.27. The average Bonchev–Trinajstić information content (AvgIpc) is 3.16. The van der Waals surface area contributed by atoms with E-state index in [0.717, 1.165) is 55.1 Å². The molecule has 0 saturated carbocycles. The second-order valence-electron chi connectivity index (χ2n) is 7.93. The number of para-hydroxylation sites is 2. The van der Waals surface area contributed by atoms with Crippen LogP contribution < -0.4 is 10.2 Å². The maximum atomic E-state index is 12.7. The number of nitrogens with one attached hydrogen (secondary N) is 1. The number of aryl methyl sites for hydroxylation is 1. The van der Waals surface area contributed by atoms with E-state index in [1.807, 2.05) is 23.1 Å².